The fourth-order valence-electron chi connectivity index (χ4n) is 4.19. The molecule has 0 aliphatic carbocycles. The van der Waals surface area contributed by atoms with E-state index in [2.05, 4.69) is 65.8 Å². The van der Waals surface area contributed by atoms with Crippen LogP contribution in [0.1, 0.15) is 103 Å². The van der Waals surface area contributed by atoms with Crippen molar-refractivity contribution in [1.29, 1.82) is 0 Å². The van der Waals surface area contributed by atoms with Gasteiger partial charge in [-0.2, -0.15) is 0 Å². The van der Waals surface area contributed by atoms with E-state index in [1.54, 1.807) is 6.08 Å². The number of benzene rings is 1. The molecule has 4 nitrogen and oxygen atoms in total. The standard InChI is InChI=1S/C33H48O4/c1-24(2)10-7-12-26(5)13-9-14-27(6)16-17-29(22-28(20-21-34)15-8-11-25(3)4)33(37)31-19-18-30(35)23-32(31)36/h10-11,13,16,18-20,23,29,34-36H,7-9,12,14-15,17,21-22H2,1-6H3/t29-/m0/s1. The van der Waals surface area contributed by atoms with Gasteiger partial charge >= 0.3 is 0 Å². The molecule has 0 amide bonds. The SMILES string of the molecule is CC(C)=CCCC(C)=CCCC(C)=CC[C@@H](CC(=CCO)CCC=C(C)C)C(=O)c1ccc(O)cc1O. The average molecular weight is 509 g/mol. The van der Waals surface area contributed by atoms with Crippen LogP contribution in [-0.2, 0) is 0 Å². The zero-order chi connectivity index (χ0) is 27.8. The Morgan fingerprint density at radius 2 is 1.35 bits per heavy atom. The monoisotopic (exact) mass is 508 g/mol. The van der Waals surface area contributed by atoms with Gasteiger partial charge in [0, 0.05) is 12.0 Å². The quantitative estimate of drug-likeness (QED) is 0.154. The lowest BCUT2D eigenvalue weighted by Gasteiger charge is -2.18. The second kappa shape index (κ2) is 17.6. The van der Waals surface area contributed by atoms with E-state index in [0.29, 0.717) is 12.8 Å². The van der Waals surface area contributed by atoms with E-state index in [4.69, 9.17) is 0 Å². The zero-order valence-corrected chi connectivity index (χ0v) is 23.8. The Labute approximate surface area is 224 Å². The lowest BCUT2D eigenvalue weighted by atomic mass is 9.86. The highest BCUT2D eigenvalue weighted by Crippen LogP contribution is 2.30. The Balaban J connectivity index is 2.99. The second-order valence-electron chi connectivity index (χ2n) is 10.5. The molecule has 0 fully saturated rings. The number of rotatable bonds is 16. The molecule has 1 aromatic rings. The molecule has 0 heterocycles. The number of aliphatic hydroxyl groups is 1. The van der Waals surface area contributed by atoms with Crippen LogP contribution >= 0.6 is 0 Å². The molecule has 0 aromatic heterocycles. The van der Waals surface area contributed by atoms with E-state index < -0.39 is 0 Å². The lowest BCUT2D eigenvalue weighted by molar-refractivity contribution is 0.0916. The van der Waals surface area contributed by atoms with Gasteiger partial charge in [0.05, 0.1) is 12.2 Å². The molecule has 0 aliphatic rings. The summed E-state index contributed by atoms with van der Waals surface area (Å²) in [6.07, 6.45) is 17.4. The Morgan fingerprint density at radius 3 is 1.92 bits per heavy atom. The van der Waals surface area contributed by atoms with Crippen molar-refractivity contribution in [2.24, 2.45) is 5.92 Å². The molecule has 0 spiro atoms. The van der Waals surface area contributed by atoms with E-state index in [-0.39, 0.29) is 35.4 Å². The van der Waals surface area contributed by atoms with Gasteiger partial charge in [0.1, 0.15) is 11.5 Å². The number of hydrogen-bond acceptors (Lipinski definition) is 4. The van der Waals surface area contributed by atoms with Gasteiger partial charge in [0.15, 0.2) is 5.78 Å². The molecule has 4 heteroatoms. The minimum atomic E-state index is -0.365. The molecule has 0 saturated carbocycles. The van der Waals surface area contributed by atoms with Crippen LogP contribution in [-0.4, -0.2) is 27.7 Å². The summed E-state index contributed by atoms with van der Waals surface area (Å²) in [5.74, 6) is -0.798. The van der Waals surface area contributed by atoms with E-state index in [1.807, 2.05) is 0 Å². The third kappa shape index (κ3) is 13.9. The summed E-state index contributed by atoms with van der Waals surface area (Å²) in [4.78, 5) is 13.5. The number of aromatic hydroxyl groups is 2. The second-order valence-corrected chi connectivity index (χ2v) is 10.5. The van der Waals surface area contributed by atoms with Gasteiger partial charge in [-0.05, 0) is 105 Å². The third-order valence-corrected chi connectivity index (χ3v) is 6.40. The van der Waals surface area contributed by atoms with E-state index in [0.717, 1.165) is 44.1 Å². The minimum absolute atomic E-state index is 0.0658. The van der Waals surface area contributed by atoms with Gasteiger partial charge in [0.25, 0.3) is 0 Å². The van der Waals surface area contributed by atoms with Crippen molar-refractivity contribution in [3.05, 3.63) is 82.0 Å². The molecule has 0 radical (unpaired) electrons. The first-order chi connectivity index (χ1) is 17.5. The van der Waals surface area contributed by atoms with E-state index in [9.17, 15) is 20.1 Å². The zero-order valence-electron chi connectivity index (χ0n) is 23.8. The summed E-state index contributed by atoms with van der Waals surface area (Å²) in [6, 6.07) is 4.12. The number of ketones is 1. The first-order valence-electron chi connectivity index (χ1n) is 13.5. The van der Waals surface area contributed by atoms with Crippen molar-refractivity contribution in [3.63, 3.8) is 0 Å². The van der Waals surface area contributed by atoms with E-state index in [1.165, 1.54) is 40.5 Å². The molecule has 1 aromatic carbocycles. The van der Waals surface area contributed by atoms with Crippen molar-refractivity contribution < 1.29 is 20.1 Å². The van der Waals surface area contributed by atoms with Crippen LogP contribution in [0, 0.1) is 5.92 Å². The molecule has 0 saturated heterocycles. The van der Waals surface area contributed by atoms with Crippen molar-refractivity contribution in [2.45, 2.75) is 92.9 Å². The third-order valence-electron chi connectivity index (χ3n) is 6.40. The average Bonchev–Trinajstić information content (AvgIpc) is 2.80. The molecule has 0 aliphatic heterocycles. The number of aliphatic hydroxyl groups excluding tert-OH is 1. The number of Topliss-reactive ketones (excluding diaryl/α,β-unsaturated/α-hetero) is 1. The van der Waals surface area contributed by atoms with Crippen molar-refractivity contribution in [1.82, 2.24) is 0 Å². The molecular weight excluding hydrogens is 460 g/mol. The Hall–Kier alpha value is -2.85. The fourth-order valence-corrected chi connectivity index (χ4v) is 4.19. The summed E-state index contributed by atoms with van der Waals surface area (Å²) in [6.45, 7) is 12.6. The van der Waals surface area contributed by atoms with Crippen molar-refractivity contribution in [2.75, 3.05) is 6.61 Å². The molecular formula is C33H48O4. The maximum absolute atomic E-state index is 13.5. The number of hydrogen-bond donors (Lipinski definition) is 3. The minimum Gasteiger partial charge on any atom is -0.508 e. The largest absolute Gasteiger partial charge is 0.508 e. The summed E-state index contributed by atoms with van der Waals surface area (Å²) in [5, 5.41) is 29.5. The number of phenols is 2. The van der Waals surface area contributed by atoms with E-state index >= 15 is 0 Å². The predicted molar refractivity (Wildman–Crippen MR) is 156 cm³/mol. The topological polar surface area (TPSA) is 77.8 Å². The number of carbonyl (C=O) groups is 1. The van der Waals surface area contributed by atoms with Crippen LogP contribution in [0.5, 0.6) is 11.5 Å². The Morgan fingerprint density at radius 1 is 0.784 bits per heavy atom. The molecule has 204 valence electrons. The van der Waals surface area contributed by atoms with Crippen LogP contribution < -0.4 is 0 Å². The Bertz CT molecular complexity index is 1010. The molecule has 1 atom stereocenters. The number of allylic oxidation sites excluding steroid dienone is 9. The summed E-state index contributed by atoms with van der Waals surface area (Å²) < 4.78 is 0. The molecule has 3 N–H and O–H groups in total. The fraction of sp³-hybridized carbons (Fsp3) is 0.485. The van der Waals surface area contributed by atoms with Gasteiger partial charge in [-0.1, -0.05) is 58.2 Å². The maximum Gasteiger partial charge on any atom is 0.170 e. The van der Waals surface area contributed by atoms with Crippen LogP contribution in [0.2, 0.25) is 0 Å². The van der Waals surface area contributed by atoms with Crippen LogP contribution in [0.25, 0.3) is 0 Å². The van der Waals surface area contributed by atoms with Gasteiger partial charge in [-0.3, -0.25) is 4.79 Å². The van der Waals surface area contributed by atoms with Gasteiger partial charge < -0.3 is 15.3 Å². The predicted octanol–water partition coefficient (Wildman–Crippen LogP) is 8.76. The smallest absolute Gasteiger partial charge is 0.170 e. The first kappa shape index (κ1) is 32.2. The molecule has 0 unspecified atom stereocenters. The van der Waals surface area contributed by atoms with Crippen molar-refractivity contribution in [3.8, 4) is 11.5 Å². The summed E-state index contributed by atoms with van der Waals surface area (Å²) >= 11 is 0. The van der Waals surface area contributed by atoms with Gasteiger partial charge in [0.2, 0.25) is 0 Å². The van der Waals surface area contributed by atoms with Gasteiger partial charge in [-0.25, -0.2) is 0 Å². The number of phenolic OH excluding ortho intramolecular Hbond substituents is 2. The van der Waals surface area contributed by atoms with Crippen LogP contribution in [0.15, 0.2) is 76.4 Å². The first-order valence-corrected chi connectivity index (χ1v) is 13.5. The normalized spacial score (nSPS) is 13.3. The van der Waals surface area contributed by atoms with Crippen LogP contribution in [0.4, 0.5) is 0 Å². The highest BCUT2D eigenvalue weighted by atomic mass is 16.3. The summed E-state index contributed by atoms with van der Waals surface area (Å²) in [7, 11) is 0. The van der Waals surface area contributed by atoms with Crippen LogP contribution in [0.3, 0.4) is 0 Å². The Kier molecular flexibility index (Phi) is 15.3. The maximum atomic E-state index is 13.5. The van der Waals surface area contributed by atoms with Gasteiger partial charge in [-0.15, -0.1) is 0 Å². The highest BCUT2D eigenvalue weighted by Gasteiger charge is 2.23. The summed E-state index contributed by atoms with van der Waals surface area (Å²) in [5.41, 5.74) is 6.48. The highest BCUT2D eigenvalue weighted by molar-refractivity contribution is 6.00. The molecule has 1 rings (SSSR count). The lowest BCUT2D eigenvalue weighted by Crippen LogP contribution is -2.16. The molecule has 37 heavy (non-hydrogen) atoms. The van der Waals surface area contributed by atoms with Crippen molar-refractivity contribution >= 4 is 5.78 Å². The number of carbonyl (C=O) groups excluding carboxylic acids is 1. The molecule has 0 bridgehead atoms.